The van der Waals surface area contributed by atoms with Gasteiger partial charge in [-0.1, -0.05) is 0 Å². The van der Waals surface area contributed by atoms with Gasteiger partial charge < -0.3 is 25.5 Å². The van der Waals surface area contributed by atoms with Crippen LogP contribution in [-0.4, -0.2) is 62.1 Å². The Morgan fingerprint density at radius 3 is 2.29 bits per heavy atom. The summed E-state index contributed by atoms with van der Waals surface area (Å²) < 4.78 is 13.4. The van der Waals surface area contributed by atoms with Gasteiger partial charge in [-0.15, -0.1) is 0 Å². The Hall–Kier alpha value is -0.610. The van der Waals surface area contributed by atoms with Gasteiger partial charge in [-0.25, -0.2) is 0 Å². The largest absolute Gasteiger partial charge is 0.394 e. The van der Waals surface area contributed by atoms with Crippen molar-refractivity contribution in [3.63, 3.8) is 0 Å². The summed E-state index contributed by atoms with van der Waals surface area (Å²) in [6.07, 6.45) is -4.56. The van der Waals surface area contributed by atoms with Crippen LogP contribution in [0.5, 0.6) is 0 Å². The minimum Gasteiger partial charge on any atom is -0.394 e. The second-order valence-corrected chi connectivity index (χ2v) is 2.85. The molecule has 0 radical (unpaired) electrons. The van der Waals surface area contributed by atoms with E-state index in [1.807, 2.05) is 0 Å². The third-order valence-corrected chi connectivity index (χ3v) is 1.73. The Bertz CT molecular complexity index is 247. The molecule has 84 valence electrons. The smallest absolute Gasteiger partial charge is 0.216 e. The van der Waals surface area contributed by atoms with Gasteiger partial charge in [0.05, 0.1) is 6.61 Å². The molecule has 0 aromatic heterocycles. The van der Waals surface area contributed by atoms with Gasteiger partial charge in [-0.2, -0.15) is 0 Å². The molecule has 0 rings (SSSR count). The predicted octanol–water partition coefficient (Wildman–Crippen LogP) is -4.81. The molecule has 0 spiro atoms. The average molecular weight is 212 g/mol. The third-order valence-electron chi connectivity index (χ3n) is 1.73. The number of rotatable bonds is 7. The number of aliphatic hydroxyl groups excluding tert-OH is 3. The summed E-state index contributed by atoms with van der Waals surface area (Å²) in [4.78, 5) is 10.5. The number of aliphatic hydroxyl groups is 5. The van der Waals surface area contributed by atoms with E-state index in [0.717, 1.165) is 0 Å². The quantitative estimate of drug-likeness (QED) is 0.163. The van der Waals surface area contributed by atoms with Crippen molar-refractivity contribution in [3.05, 3.63) is 0 Å². The van der Waals surface area contributed by atoms with Crippen LogP contribution in [0.15, 0.2) is 0 Å². The van der Waals surface area contributed by atoms with Crippen molar-refractivity contribution < 1.29 is 33.2 Å². The molecule has 0 aliphatic carbocycles. The van der Waals surface area contributed by atoms with Gasteiger partial charge in [0.15, 0.2) is 12.0 Å². The lowest BCUT2D eigenvalue weighted by Gasteiger charge is -2.38. The maximum atomic E-state index is 10.5. The highest BCUT2D eigenvalue weighted by molar-refractivity contribution is 5.63. The maximum Gasteiger partial charge on any atom is 0.216 e. The standard InChI is InChI=1S/C6H14N2O6/c7-5(13,2-10)6(8,14)4(12)3(11)1-9/h2-4,9,11-14H,1,7-8H2/t3-,4-,5+,6+/m1/s1/i/hD2. The monoisotopic (exact) mass is 212 g/mol. The minimum absolute atomic E-state index is 0.338. The fraction of sp³-hybridized carbons (Fsp3) is 0.833. The second-order valence-electron chi connectivity index (χ2n) is 2.85. The summed E-state index contributed by atoms with van der Waals surface area (Å²) in [5.41, 5.74) is -3.62. The first kappa shape index (κ1) is 9.93. The molecule has 0 aliphatic rings. The van der Waals surface area contributed by atoms with Crippen LogP contribution in [0.3, 0.4) is 0 Å². The summed E-state index contributed by atoms with van der Waals surface area (Å²) in [5, 5.41) is 46.0. The zero-order valence-electron chi connectivity index (χ0n) is 9.08. The Kier molecular flexibility index (Phi) is 3.03. The van der Waals surface area contributed by atoms with Gasteiger partial charge in [0.2, 0.25) is 5.72 Å². The Balaban J connectivity index is 5.25. The molecule has 4 atom stereocenters. The van der Waals surface area contributed by atoms with Crippen molar-refractivity contribution in [1.82, 2.24) is 0 Å². The molecule has 0 aromatic rings. The number of carbonyl (C=O) groups is 1. The first-order chi connectivity index (χ1) is 7.32. The number of carbonyl (C=O) groups excluding carboxylic acids is 1. The lowest BCUT2D eigenvalue weighted by molar-refractivity contribution is -0.213. The molecular weight excluding hydrogens is 196 g/mol. The molecular formula is C6H14N2O6. The number of hydrogen-bond acceptors (Lipinski definition) is 8. The number of nitrogens with two attached hydrogens (primary N) is 2. The fourth-order valence-corrected chi connectivity index (χ4v) is 0.694. The van der Waals surface area contributed by atoms with Gasteiger partial charge in [0, 0.05) is 0 Å². The van der Waals surface area contributed by atoms with Crippen LogP contribution >= 0.6 is 0 Å². The van der Waals surface area contributed by atoms with Crippen molar-refractivity contribution in [1.29, 1.82) is 0 Å². The maximum absolute atomic E-state index is 10.5. The van der Waals surface area contributed by atoms with E-state index in [1.54, 1.807) is 0 Å². The number of aldehydes is 1. The molecule has 0 bridgehead atoms. The van der Waals surface area contributed by atoms with E-state index in [1.165, 1.54) is 11.5 Å². The Morgan fingerprint density at radius 2 is 2.00 bits per heavy atom. The van der Waals surface area contributed by atoms with Gasteiger partial charge in [-0.05, 0) is 0 Å². The van der Waals surface area contributed by atoms with Crippen LogP contribution in [0.25, 0.3) is 0 Å². The molecule has 8 nitrogen and oxygen atoms in total. The van der Waals surface area contributed by atoms with Crippen molar-refractivity contribution >= 4 is 6.29 Å². The topological polar surface area (TPSA) is 170 Å². The molecule has 0 saturated heterocycles. The van der Waals surface area contributed by atoms with Crippen LogP contribution in [0, 0.1) is 0 Å². The summed E-state index contributed by atoms with van der Waals surface area (Å²) in [7, 11) is 0. The Labute approximate surface area is 82.3 Å². The molecule has 0 aliphatic heterocycles. The summed E-state index contributed by atoms with van der Waals surface area (Å²) in [5.74, 6) is 0. The second kappa shape index (κ2) is 4.28. The average Bonchev–Trinajstić information content (AvgIpc) is 2.34. The summed E-state index contributed by atoms with van der Waals surface area (Å²) >= 11 is 0. The van der Waals surface area contributed by atoms with Crippen LogP contribution in [0.2, 0.25) is 2.82 Å². The lowest BCUT2D eigenvalue weighted by Crippen LogP contribution is -2.74. The van der Waals surface area contributed by atoms with E-state index in [9.17, 15) is 20.1 Å². The van der Waals surface area contributed by atoms with E-state index in [2.05, 4.69) is 0 Å². The van der Waals surface area contributed by atoms with Crippen molar-refractivity contribution in [3.8, 4) is 0 Å². The molecule has 0 amide bonds. The van der Waals surface area contributed by atoms with Crippen LogP contribution < -0.4 is 11.5 Å². The van der Waals surface area contributed by atoms with Crippen LogP contribution in [0.1, 0.15) is 0 Å². The highest BCUT2D eigenvalue weighted by Crippen LogP contribution is 2.16. The van der Waals surface area contributed by atoms with Crippen molar-refractivity contribution in [2.45, 2.75) is 23.7 Å². The van der Waals surface area contributed by atoms with Crippen LogP contribution in [0.4, 0.5) is 0 Å². The first-order valence-electron chi connectivity index (χ1n) is 4.58. The molecule has 14 heavy (non-hydrogen) atoms. The highest BCUT2D eigenvalue weighted by atomic mass is 16.4. The first-order valence-corrected chi connectivity index (χ1v) is 3.58. The zero-order chi connectivity index (χ0) is 13.0. The minimum atomic E-state index is -3.07. The summed E-state index contributed by atoms with van der Waals surface area (Å²) in [6.45, 7) is -0.988. The van der Waals surface area contributed by atoms with Gasteiger partial charge >= 0.3 is 0 Å². The van der Waals surface area contributed by atoms with Gasteiger partial charge in [0.1, 0.15) is 15.0 Å². The van der Waals surface area contributed by atoms with Crippen molar-refractivity contribution in [2.24, 2.45) is 11.5 Å². The molecule has 0 fully saturated rings. The van der Waals surface area contributed by atoms with E-state index in [4.69, 9.17) is 13.0 Å². The fourth-order valence-electron chi connectivity index (χ4n) is 0.694. The molecule has 9 N–H and O–H groups in total. The Morgan fingerprint density at radius 1 is 1.43 bits per heavy atom. The zero-order valence-corrected chi connectivity index (χ0v) is 7.08. The van der Waals surface area contributed by atoms with Gasteiger partial charge in [0.25, 0.3) is 0 Å². The third kappa shape index (κ3) is 2.25. The normalized spacial score (nSPS) is 26.4. The lowest BCUT2D eigenvalue weighted by atomic mass is 9.93. The predicted molar refractivity (Wildman–Crippen MR) is 43.4 cm³/mol. The van der Waals surface area contributed by atoms with Gasteiger partial charge in [-0.3, -0.25) is 16.2 Å². The molecule has 0 unspecified atom stereocenters. The van der Waals surface area contributed by atoms with Crippen LogP contribution in [-0.2, 0) is 4.79 Å². The molecule has 8 heteroatoms. The van der Waals surface area contributed by atoms with E-state index in [-0.39, 0.29) is 6.29 Å². The van der Waals surface area contributed by atoms with E-state index in [0.29, 0.717) is 0 Å². The molecule has 0 aromatic carbocycles. The van der Waals surface area contributed by atoms with E-state index < -0.39 is 30.3 Å². The number of hydrogen-bond donors (Lipinski definition) is 7. The van der Waals surface area contributed by atoms with Crippen molar-refractivity contribution in [2.75, 3.05) is 6.61 Å². The highest BCUT2D eigenvalue weighted by Gasteiger charge is 2.51. The summed E-state index contributed by atoms with van der Waals surface area (Å²) in [6, 6.07) is 0. The SMILES string of the molecule is [2H]N[C@](O)(C=O)[C@](O)(N[2H])[C@H](O)[C@H](O)CO. The molecule has 0 heterocycles. The molecule has 0 saturated carbocycles. The van der Waals surface area contributed by atoms with E-state index >= 15 is 0 Å².